The summed E-state index contributed by atoms with van der Waals surface area (Å²) in [6.45, 7) is 7.35. The minimum absolute atomic E-state index is 0.162. The van der Waals surface area contributed by atoms with Crippen LogP contribution in [-0.2, 0) is 4.79 Å². The summed E-state index contributed by atoms with van der Waals surface area (Å²) in [6, 6.07) is 7.64. The SMILES string of the molecule is C=C(C)COc1ccccc1C(=O)NCC1CC(=O)N(C2CC2)C1. The van der Waals surface area contributed by atoms with Gasteiger partial charge in [0.25, 0.3) is 5.91 Å². The van der Waals surface area contributed by atoms with Crippen molar-refractivity contribution in [3.05, 3.63) is 42.0 Å². The number of likely N-dealkylation sites (tertiary alicyclic amines) is 1. The van der Waals surface area contributed by atoms with Gasteiger partial charge in [-0.15, -0.1) is 0 Å². The molecule has 1 aliphatic heterocycles. The summed E-state index contributed by atoms with van der Waals surface area (Å²) in [5.74, 6) is 0.817. The van der Waals surface area contributed by atoms with Crippen molar-refractivity contribution in [1.82, 2.24) is 10.2 Å². The average molecular weight is 328 g/mol. The first-order valence-electron chi connectivity index (χ1n) is 8.48. The molecule has 2 fully saturated rings. The van der Waals surface area contributed by atoms with Crippen LogP contribution in [0.15, 0.2) is 36.4 Å². The Kier molecular flexibility index (Phi) is 4.88. The van der Waals surface area contributed by atoms with Crippen molar-refractivity contribution in [1.29, 1.82) is 0 Å². The van der Waals surface area contributed by atoms with Gasteiger partial charge in [0.15, 0.2) is 0 Å². The first-order valence-corrected chi connectivity index (χ1v) is 8.48. The van der Waals surface area contributed by atoms with E-state index in [-0.39, 0.29) is 17.7 Å². The molecule has 3 rings (SSSR count). The van der Waals surface area contributed by atoms with Crippen LogP contribution in [0.25, 0.3) is 0 Å². The molecule has 1 aromatic carbocycles. The van der Waals surface area contributed by atoms with Crippen LogP contribution < -0.4 is 10.1 Å². The lowest BCUT2D eigenvalue weighted by atomic mass is 10.1. The van der Waals surface area contributed by atoms with E-state index >= 15 is 0 Å². The fourth-order valence-corrected chi connectivity index (χ4v) is 3.00. The third kappa shape index (κ3) is 3.96. The van der Waals surface area contributed by atoms with Crippen molar-refractivity contribution < 1.29 is 14.3 Å². The molecule has 0 aromatic heterocycles. The minimum atomic E-state index is -0.162. The number of amides is 2. The summed E-state index contributed by atoms with van der Waals surface area (Å²) >= 11 is 0. The smallest absolute Gasteiger partial charge is 0.255 e. The standard InChI is InChI=1S/C19H24N2O3/c1-13(2)12-24-17-6-4-3-5-16(17)19(23)20-10-14-9-18(22)21(11-14)15-7-8-15/h3-6,14-15H,1,7-12H2,2H3,(H,20,23). The van der Waals surface area contributed by atoms with Crippen molar-refractivity contribution in [2.45, 2.75) is 32.2 Å². The predicted molar refractivity (Wildman–Crippen MR) is 91.9 cm³/mol. The maximum absolute atomic E-state index is 12.5. The molecule has 128 valence electrons. The number of hydrogen-bond donors (Lipinski definition) is 1. The Morgan fingerprint density at radius 3 is 2.83 bits per heavy atom. The zero-order valence-electron chi connectivity index (χ0n) is 14.1. The third-order valence-corrected chi connectivity index (χ3v) is 4.38. The van der Waals surface area contributed by atoms with Gasteiger partial charge in [0.2, 0.25) is 5.91 Å². The Hall–Kier alpha value is -2.30. The molecule has 0 radical (unpaired) electrons. The lowest BCUT2D eigenvalue weighted by Gasteiger charge is -2.16. The van der Waals surface area contributed by atoms with Gasteiger partial charge in [-0.25, -0.2) is 0 Å². The van der Waals surface area contributed by atoms with Gasteiger partial charge in [0.05, 0.1) is 5.56 Å². The monoisotopic (exact) mass is 328 g/mol. The molecule has 1 saturated carbocycles. The molecule has 2 aliphatic rings. The number of benzene rings is 1. The normalized spacial score (nSPS) is 20.1. The Bertz CT molecular complexity index is 652. The van der Waals surface area contributed by atoms with E-state index in [0.29, 0.717) is 36.9 Å². The van der Waals surface area contributed by atoms with Gasteiger partial charge in [-0.2, -0.15) is 0 Å². The molecule has 5 nitrogen and oxygen atoms in total. The fraction of sp³-hybridized carbons (Fsp3) is 0.474. The molecule has 2 amide bonds. The van der Waals surface area contributed by atoms with Crippen molar-refractivity contribution in [2.75, 3.05) is 19.7 Å². The lowest BCUT2D eigenvalue weighted by Crippen LogP contribution is -2.32. The second-order valence-corrected chi connectivity index (χ2v) is 6.80. The average Bonchev–Trinajstić information content (AvgIpc) is 3.34. The number of carbonyl (C=O) groups is 2. The van der Waals surface area contributed by atoms with Crippen LogP contribution in [0.3, 0.4) is 0 Å². The van der Waals surface area contributed by atoms with Gasteiger partial charge in [-0.1, -0.05) is 18.7 Å². The Morgan fingerprint density at radius 2 is 2.12 bits per heavy atom. The number of ether oxygens (including phenoxy) is 1. The molecule has 1 unspecified atom stereocenters. The van der Waals surface area contributed by atoms with E-state index in [1.165, 1.54) is 0 Å². The van der Waals surface area contributed by atoms with Gasteiger partial charge in [-0.3, -0.25) is 9.59 Å². The van der Waals surface area contributed by atoms with Gasteiger partial charge >= 0.3 is 0 Å². The zero-order chi connectivity index (χ0) is 17.1. The summed E-state index contributed by atoms with van der Waals surface area (Å²) in [7, 11) is 0. The summed E-state index contributed by atoms with van der Waals surface area (Å²) < 4.78 is 5.64. The molecule has 0 bridgehead atoms. The highest BCUT2D eigenvalue weighted by molar-refractivity contribution is 5.97. The van der Waals surface area contributed by atoms with Gasteiger partial charge in [-0.05, 0) is 37.5 Å². The van der Waals surface area contributed by atoms with Crippen LogP contribution in [0.1, 0.15) is 36.5 Å². The molecule has 1 saturated heterocycles. The first kappa shape index (κ1) is 16.6. The predicted octanol–water partition coefficient (Wildman–Crippen LogP) is 2.38. The van der Waals surface area contributed by atoms with Crippen LogP contribution in [0, 0.1) is 5.92 Å². The first-order chi connectivity index (χ1) is 11.5. The summed E-state index contributed by atoms with van der Waals surface area (Å²) in [5, 5.41) is 2.95. The molecular weight excluding hydrogens is 304 g/mol. The molecule has 24 heavy (non-hydrogen) atoms. The molecular formula is C19H24N2O3. The second-order valence-electron chi connectivity index (χ2n) is 6.80. The quantitative estimate of drug-likeness (QED) is 0.782. The van der Waals surface area contributed by atoms with Crippen molar-refractivity contribution >= 4 is 11.8 Å². The Labute approximate surface area is 142 Å². The van der Waals surface area contributed by atoms with E-state index in [2.05, 4.69) is 11.9 Å². The highest BCUT2D eigenvalue weighted by Gasteiger charge is 2.39. The third-order valence-electron chi connectivity index (χ3n) is 4.38. The number of rotatable bonds is 7. The highest BCUT2D eigenvalue weighted by atomic mass is 16.5. The largest absolute Gasteiger partial charge is 0.488 e. The van der Waals surface area contributed by atoms with Crippen molar-refractivity contribution in [2.24, 2.45) is 5.92 Å². The van der Waals surface area contributed by atoms with Gasteiger partial charge in [0, 0.05) is 31.5 Å². The van der Waals surface area contributed by atoms with Gasteiger partial charge in [0.1, 0.15) is 12.4 Å². The van der Waals surface area contributed by atoms with Crippen LogP contribution in [0.2, 0.25) is 0 Å². The molecule has 1 aromatic rings. The van der Waals surface area contributed by atoms with E-state index in [4.69, 9.17) is 4.74 Å². The van der Waals surface area contributed by atoms with Crippen LogP contribution in [0.5, 0.6) is 5.75 Å². The summed E-state index contributed by atoms with van der Waals surface area (Å²) in [4.78, 5) is 26.4. The topological polar surface area (TPSA) is 58.6 Å². The molecule has 1 heterocycles. The van der Waals surface area contributed by atoms with E-state index in [9.17, 15) is 9.59 Å². The van der Waals surface area contributed by atoms with Crippen LogP contribution in [-0.4, -0.2) is 42.5 Å². The second kappa shape index (κ2) is 7.07. The molecule has 1 atom stereocenters. The van der Waals surface area contributed by atoms with Crippen LogP contribution >= 0.6 is 0 Å². The maximum atomic E-state index is 12.5. The van der Waals surface area contributed by atoms with Crippen molar-refractivity contribution in [3.8, 4) is 5.75 Å². The Balaban J connectivity index is 1.55. The van der Waals surface area contributed by atoms with E-state index in [0.717, 1.165) is 25.0 Å². The Morgan fingerprint density at radius 1 is 1.38 bits per heavy atom. The van der Waals surface area contributed by atoms with E-state index in [1.807, 2.05) is 24.0 Å². The molecule has 1 N–H and O–H groups in total. The maximum Gasteiger partial charge on any atom is 0.255 e. The number of nitrogens with one attached hydrogen (secondary N) is 1. The number of para-hydroxylation sites is 1. The summed E-state index contributed by atoms with van der Waals surface area (Å²) in [5.41, 5.74) is 1.41. The van der Waals surface area contributed by atoms with Crippen LogP contribution in [0.4, 0.5) is 0 Å². The minimum Gasteiger partial charge on any atom is -0.488 e. The molecule has 1 aliphatic carbocycles. The summed E-state index contributed by atoms with van der Waals surface area (Å²) in [6.07, 6.45) is 2.78. The number of carbonyl (C=O) groups excluding carboxylic acids is 2. The highest BCUT2D eigenvalue weighted by Crippen LogP contribution is 2.32. The van der Waals surface area contributed by atoms with E-state index < -0.39 is 0 Å². The zero-order valence-corrected chi connectivity index (χ0v) is 14.1. The molecule has 0 spiro atoms. The fourth-order valence-electron chi connectivity index (χ4n) is 3.00. The van der Waals surface area contributed by atoms with Gasteiger partial charge < -0.3 is 15.0 Å². The molecule has 5 heteroatoms. The van der Waals surface area contributed by atoms with Crippen molar-refractivity contribution in [3.63, 3.8) is 0 Å². The number of nitrogens with zero attached hydrogens (tertiary/aromatic N) is 1. The lowest BCUT2D eigenvalue weighted by molar-refractivity contribution is -0.128. The van der Waals surface area contributed by atoms with E-state index in [1.54, 1.807) is 12.1 Å². The number of hydrogen-bond acceptors (Lipinski definition) is 3.